The van der Waals surface area contributed by atoms with E-state index >= 15 is 0 Å². The van der Waals surface area contributed by atoms with Gasteiger partial charge in [0.1, 0.15) is 18.0 Å². The first-order valence-electron chi connectivity index (χ1n) is 14.3. The summed E-state index contributed by atoms with van der Waals surface area (Å²) in [6, 6.07) is 6.97. The molecule has 0 heterocycles. The lowest BCUT2D eigenvalue weighted by molar-refractivity contribution is -0.142. The molecule has 4 bridgehead atoms. The van der Waals surface area contributed by atoms with Gasteiger partial charge in [0.15, 0.2) is 0 Å². The minimum Gasteiger partial charge on any atom is -0.482 e. The smallest absolute Gasteiger partial charge is 0.247 e. The molecule has 4 saturated carbocycles. The lowest BCUT2D eigenvalue weighted by Crippen LogP contribution is -2.59. The number of ether oxygens (including phenoxy) is 1. The topological polar surface area (TPSA) is 99.1 Å². The molecule has 0 saturated heterocycles. The molecule has 0 aliphatic heterocycles. The number of rotatable bonds is 9. The zero-order valence-corrected chi connectivity index (χ0v) is 25.1. The maximum absolute atomic E-state index is 13.8. The third kappa shape index (κ3) is 6.38. The van der Waals surface area contributed by atoms with Gasteiger partial charge in [-0.15, -0.1) is 0 Å². The van der Waals surface area contributed by atoms with Crippen LogP contribution >= 0.6 is 22.6 Å². The summed E-state index contributed by atoms with van der Waals surface area (Å²) in [7, 11) is 0. The number of halogens is 1. The molecule has 7 nitrogen and oxygen atoms in total. The van der Waals surface area contributed by atoms with E-state index in [0.29, 0.717) is 17.9 Å². The molecule has 1 aromatic rings. The first-order valence-corrected chi connectivity index (χ1v) is 15.4. The zero-order valence-electron chi connectivity index (χ0n) is 22.9. The van der Waals surface area contributed by atoms with E-state index in [1.165, 1.54) is 19.3 Å². The van der Waals surface area contributed by atoms with Crippen LogP contribution in [0.5, 0.6) is 5.75 Å². The number of amides is 2. The zero-order chi connectivity index (χ0) is 27.7. The molecule has 3 N–H and O–H groups in total. The molecule has 6 rings (SSSR count). The Morgan fingerprint density at radius 3 is 2.36 bits per heavy atom. The highest BCUT2D eigenvalue weighted by Gasteiger charge is 2.53. The van der Waals surface area contributed by atoms with E-state index in [9.17, 15) is 19.8 Å². The van der Waals surface area contributed by atoms with Crippen LogP contribution in [0.3, 0.4) is 0 Å². The van der Waals surface area contributed by atoms with E-state index in [0.717, 1.165) is 46.2 Å². The second kappa shape index (κ2) is 11.9. The van der Waals surface area contributed by atoms with Crippen LogP contribution in [-0.4, -0.2) is 64.9 Å². The van der Waals surface area contributed by atoms with Crippen molar-refractivity contribution in [2.75, 3.05) is 19.7 Å². The van der Waals surface area contributed by atoms with Gasteiger partial charge in [0, 0.05) is 31.2 Å². The number of carbonyl (C=O) groups excluding carboxylic acids is 2. The van der Waals surface area contributed by atoms with Crippen molar-refractivity contribution < 1.29 is 24.5 Å². The summed E-state index contributed by atoms with van der Waals surface area (Å²) >= 11 is 2.19. The molecule has 0 aromatic heterocycles. The average Bonchev–Trinajstić information content (AvgIpc) is 2.87. The van der Waals surface area contributed by atoms with Crippen molar-refractivity contribution in [3.63, 3.8) is 0 Å². The van der Waals surface area contributed by atoms with Gasteiger partial charge in [-0.3, -0.25) is 9.59 Å². The highest BCUT2D eigenvalue weighted by molar-refractivity contribution is 14.1. The third-order valence-electron chi connectivity index (χ3n) is 9.08. The Labute approximate surface area is 245 Å². The molecule has 5 aliphatic rings. The second-order valence-corrected chi connectivity index (χ2v) is 13.7. The largest absolute Gasteiger partial charge is 0.482 e. The minimum atomic E-state index is -1.00. The fourth-order valence-electron chi connectivity index (χ4n) is 8.00. The van der Waals surface area contributed by atoms with Gasteiger partial charge >= 0.3 is 0 Å². The SMILES string of the molecule is CC(C)=CC(=O)N(CC12CC3CC(CC(C3)C1)C2)C1CC(C(=O)NCCO)=CC(Oc2ccccc2I)C1O. The summed E-state index contributed by atoms with van der Waals surface area (Å²) in [6.07, 6.45) is 9.15. The molecule has 2 amide bonds. The van der Waals surface area contributed by atoms with Crippen molar-refractivity contribution in [1.29, 1.82) is 0 Å². The molecule has 0 spiro atoms. The predicted molar refractivity (Wildman–Crippen MR) is 158 cm³/mol. The van der Waals surface area contributed by atoms with E-state index in [1.807, 2.05) is 43.0 Å². The first kappa shape index (κ1) is 28.6. The molecule has 5 aliphatic carbocycles. The van der Waals surface area contributed by atoms with Gasteiger partial charge in [0.25, 0.3) is 0 Å². The van der Waals surface area contributed by atoms with Gasteiger partial charge in [-0.1, -0.05) is 17.7 Å². The van der Waals surface area contributed by atoms with E-state index in [4.69, 9.17) is 4.74 Å². The quantitative estimate of drug-likeness (QED) is 0.275. The Hall–Kier alpha value is -1.91. The lowest BCUT2D eigenvalue weighted by Gasteiger charge is -2.58. The number of aliphatic hydroxyl groups excluding tert-OH is 2. The molecule has 3 unspecified atom stereocenters. The summed E-state index contributed by atoms with van der Waals surface area (Å²) in [4.78, 5) is 28.8. The van der Waals surface area contributed by atoms with E-state index in [1.54, 1.807) is 12.2 Å². The van der Waals surface area contributed by atoms with Crippen molar-refractivity contribution >= 4 is 34.4 Å². The van der Waals surface area contributed by atoms with Crippen LogP contribution in [-0.2, 0) is 9.59 Å². The number of benzene rings is 1. The number of carbonyl (C=O) groups is 2. The number of nitrogens with one attached hydrogen (secondary N) is 1. The summed E-state index contributed by atoms with van der Waals surface area (Å²) in [5.74, 6) is 2.43. The molecule has 8 heteroatoms. The highest BCUT2D eigenvalue weighted by Crippen LogP contribution is 2.60. The van der Waals surface area contributed by atoms with Gasteiger partial charge in [-0.25, -0.2) is 0 Å². The number of para-hydroxylation sites is 1. The van der Waals surface area contributed by atoms with Crippen LogP contribution in [0.15, 0.2) is 47.6 Å². The van der Waals surface area contributed by atoms with Crippen LogP contribution < -0.4 is 10.1 Å². The lowest BCUT2D eigenvalue weighted by atomic mass is 9.49. The molecule has 39 heavy (non-hydrogen) atoms. The number of aliphatic hydroxyl groups is 2. The van der Waals surface area contributed by atoms with Gasteiger partial charge in [-0.2, -0.15) is 0 Å². The Morgan fingerprint density at radius 2 is 1.77 bits per heavy atom. The predicted octanol–water partition coefficient (Wildman–Crippen LogP) is 4.22. The van der Waals surface area contributed by atoms with E-state index in [-0.39, 0.29) is 36.8 Å². The molecular formula is C31H41IN2O5. The monoisotopic (exact) mass is 648 g/mol. The normalized spacial score (nSPS) is 32.8. The fraction of sp³-hybridized carbons (Fsp3) is 0.613. The van der Waals surface area contributed by atoms with Gasteiger partial charge in [0.2, 0.25) is 11.8 Å². The van der Waals surface area contributed by atoms with Crippen LogP contribution in [0.25, 0.3) is 0 Å². The maximum atomic E-state index is 13.8. The molecule has 4 fully saturated rings. The van der Waals surface area contributed by atoms with Crippen molar-refractivity contribution in [3.8, 4) is 5.75 Å². The Bertz CT molecular complexity index is 1110. The van der Waals surface area contributed by atoms with Crippen molar-refractivity contribution in [2.45, 2.75) is 77.0 Å². The Morgan fingerprint density at radius 1 is 1.13 bits per heavy atom. The van der Waals surface area contributed by atoms with Crippen LogP contribution in [0.2, 0.25) is 0 Å². The minimum absolute atomic E-state index is 0.0747. The van der Waals surface area contributed by atoms with Gasteiger partial charge in [-0.05, 0) is 116 Å². The van der Waals surface area contributed by atoms with E-state index < -0.39 is 18.2 Å². The average molecular weight is 649 g/mol. The van der Waals surface area contributed by atoms with Crippen molar-refractivity contribution in [3.05, 3.63) is 51.1 Å². The number of nitrogens with zero attached hydrogens (tertiary/aromatic N) is 1. The maximum Gasteiger partial charge on any atom is 0.247 e. The summed E-state index contributed by atoms with van der Waals surface area (Å²) in [5, 5.41) is 23.8. The standard InChI is InChI=1S/C31H41IN2O5/c1-19(2)9-28(36)34(18-31-15-20-10-21(16-31)12-22(11-20)17-31)25-13-23(30(38)33-7-8-35)14-27(29(25)37)39-26-6-4-3-5-24(26)32/h3-6,9,14,20-22,25,27,29,35,37H,7-8,10-13,15-18H2,1-2H3,(H,33,38). The van der Waals surface area contributed by atoms with E-state index in [2.05, 4.69) is 27.9 Å². The highest BCUT2D eigenvalue weighted by atomic mass is 127. The van der Waals surface area contributed by atoms with Gasteiger partial charge < -0.3 is 25.2 Å². The fourth-order valence-corrected chi connectivity index (χ4v) is 8.51. The molecular weight excluding hydrogens is 607 g/mol. The van der Waals surface area contributed by atoms with Crippen molar-refractivity contribution in [2.24, 2.45) is 23.2 Å². The van der Waals surface area contributed by atoms with Crippen LogP contribution in [0.1, 0.15) is 58.8 Å². The summed E-state index contributed by atoms with van der Waals surface area (Å²) in [6.45, 7) is 4.40. The summed E-state index contributed by atoms with van der Waals surface area (Å²) in [5.41, 5.74) is 1.45. The molecule has 212 valence electrons. The van der Waals surface area contributed by atoms with Crippen LogP contribution in [0, 0.1) is 26.7 Å². The molecule has 0 radical (unpaired) electrons. The number of hydrogen-bond donors (Lipinski definition) is 3. The van der Waals surface area contributed by atoms with Gasteiger partial charge in [0.05, 0.1) is 16.2 Å². The summed E-state index contributed by atoms with van der Waals surface area (Å²) < 4.78 is 7.20. The van der Waals surface area contributed by atoms with Crippen LogP contribution in [0.4, 0.5) is 0 Å². The third-order valence-corrected chi connectivity index (χ3v) is 9.97. The molecule has 3 atom stereocenters. The number of hydrogen-bond acceptors (Lipinski definition) is 5. The first-order chi connectivity index (χ1) is 18.7. The second-order valence-electron chi connectivity index (χ2n) is 12.6. The number of allylic oxidation sites excluding steroid dienone is 1. The van der Waals surface area contributed by atoms with Crippen molar-refractivity contribution in [1.82, 2.24) is 10.2 Å². The molecule has 1 aromatic carbocycles. The Kier molecular flexibility index (Phi) is 8.74. The Balaban J connectivity index is 1.48.